The van der Waals surface area contributed by atoms with Gasteiger partial charge >= 0.3 is 6.03 Å². The molecule has 1 aliphatic carbocycles. The lowest BCUT2D eigenvalue weighted by atomic mass is 10.1. The van der Waals surface area contributed by atoms with Gasteiger partial charge in [-0.05, 0) is 36.6 Å². The van der Waals surface area contributed by atoms with Gasteiger partial charge in [-0.15, -0.1) is 0 Å². The zero-order valence-electron chi connectivity index (χ0n) is 14.1. The summed E-state index contributed by atoms with van der Waals surface area (Å²) in [5.74, 6) is -2.96. The molecule has 0 saturated heterocycles. The van der Waals surface area contributed by atoms with Gasteiger partial charge in [-0.25, -0.2) is 18.0 Å². The molecular formula is C18H15F3N4O2. The molecule has 1 aromatic carbocycles. The SMILES string of the molecule is O=C(CN1Cc2c(ccc(F)c2F)NC1=O)N[C@@H]1CCc2cc(F)cnc21. The predicted molar refractivity (Wildman–Crippen MR) is 89.2 cm³/mol. The van der Waals surface area contributed by atoms with E-state index in [1.807, 2.05) is 0 Å². The topological polar surface area (TPSA) is 74.3 Å². The molecule has 2 aliphatic rings. The van der Waals surface area contributed by atoms with E-state index in [1.165, 1.54) is 12.1 Å². The Hall–Kier alpha value is -3.10. The molecule has 2 N–H and O–H groups in total. The number of amides is 3. The highest BCUT2D eigenvalue weighted by Crippen LogP contribution is 2.30. The lowest BCUT2D eigenvalue weighted by Gasteiger charge is -2.29. The molecule has 0 spiro atoms. The van der Waals surface area contributed by atoms with E-state index in [0.29, 0.717) is 18.5 Å². The van der Waals surface area contributed by atoms with E-state index in [9.17, 15) is 22.8 Å². The summed E-state index contributed by atoms with van der Waals surface area (Å²) in [5, 5.41) is 5.20. The molecule has 4 rings (SSSR count). The van der Waals surface area contributed by atoms with Gasteiger partial charge in [0.2, 0.25) is 5.91 Å². The number of anilines is 1. The van der Waals surface area contributed by atoms with E-state index in [0.717, 1.165) is 22.7 Å². The number of hydrogen-bond donors (Lipinski definition) is 2. The molecule has 1 aliphatic heterocycles. The number of halogens is 3. The lowest BCUT2D eigenvalue weighted by molar-refractivity contribution is -0.122. The van der Waals surface area contributed by atoms with Crippen LogP contribution in [0.1, 0.15) is 29.3 Å². The monoisotopic (exact) mass is 376 g/mol. The van der Waals surface area contributed by atoms with Gasteiger partial charge in [0.1, 0.15) is 12.4 Å². The van der Waals surface area contributed by atoms with Crippen molar-refractivity contribution in [2.24, 2.45) is 0 Å². The predicted octanol–water partition coefficient (Wildman–Crippen LogP) is 2.65. The van der Waals surface area contributed by atoms with E-state index in [-0.39, 0.29) is 30.4 Å². The minimum Gasteiger partial charge on any atom is -0.346 e. The smallest absolute Gasteiger partial charge is 0.322 e. The van der Waals surface area contributed by atoms with Crippen LogP contribution in [0.5, 0.6) is 0 Å². The molecule has 6 nitrogen and oxygen atoms in total. The fourth-order valence-electron chi connectivity index (χ4n) is 3.45. The second-order valence-electron chi connectivity index (χ2n) is 6.53. The van der Waals surface area contributed by atoms with Gasteiger partial charge in [0.05, 0.1) is 30.2 Å². The van der Waals surface area contributed by atoms with Crippen molar-refractivity contribution < 1.29 is 22.8 Å². The second-order valence-corrected chi connectivity index (χ2v) is 6.53. The minimum absolute atomic E-state index is 0.00856. The summed E-state index contributed by atoms with van der Waals surface area (Å²) in [6.07, 6.45) is 2.26. The van der Waals surface area contributed by atoms with Crippen LogP contribution >= 0.6 is 0 Å². The first-order valence-electron chi connectivity index (χ1n) is 8.39. The van der Waals surface area contributed by atoms with Crippen LogP contribution in [0, 0.1) is 17.5 Å². The first-order valence-corrected chi connectivity index (χ1v) is 8.39. The number of aryl methyl sites for hydroxylation is 1. The van der Waals surface area contributed by atoms with Crippen molar-refractivity contribution in [1.82, 2.24) is 15.2 Å². The van der Waals surface area contributed by atoms with E-state index < -0.39 is 29.4 Å². The van der Waals surface area contributed by atoms with Gasteiger partial charge in [-0.3, -0.25) is 9.78 Å². The Morgan fingerprint density at radius 1 is 1.33 bits per heavy atom. The van der Waals surface area contributed by atoms with E-state index >= 15 is 0 Å². The molecular weight excluding hydrogens is 361 g/mol. The summed E-state index contributed by atoms with van der Waals surface area (Å²) in [6.45, 7) is -0.544. The molecule has 3 amide bonds. The average Bonchev–Trinajstić information content (AvgIpc) is 3.01. The molecule has 140 valence electrons. The number of fused-ring (bicyclic) bond motifs is 2. The van der Waals surface area contributed by atoms with Crippen molar-refractivity contribution in [3.8, 4) is 0 Å². The fraction of sp³-hybridized carbons (Fsp3) is 0.278. The summed E-state index contributed by atoms with van der Waals surface area (Å²) in [6, 6.07) is 2.66. The zero-order valence-corrected chi connectivity index (χ0v) is 14.1. The number of urea groups is 1. The second kappa shape index (κ2) is 6.57. The summed E-state index contributed by atoms with van der Waals surface area (Å²) in [5.41, 5.74) is 1.52. The van der Waals surface area contributed by atoms with Gasteiger partial charge in [0.25, 0.3) is 0 Å². The third-order valence-electron chi connectivity index (χ3n) is 4.74. The van der Waals surface area contributed by atoms with Crippen LogP contribution < -0.4 is 10.6 Å². The van der Waals surface area contributed by atoms with Gasteiger partial charge in [0.15, 0.2) is 11.6 Å². The quantitative estimate of drug-likeness (QED) is 0.865. The maximum Gasteiger partial charge on any atom is 0.322 e. The van der Waals surface area contributed by atoms with Crippen LogP contribution in [0.25, 0.3) is 0 Å². The molecule has 0 unspecified atom stereocenters. The Labute approximate surface area is 152 Å². The number of nitrogens with zero attached hydrogens (tertiary/aromatic N) is 2. The average molecular weight is 376 g/mol. The number of aromatic nitrogens is 1. The highest BCUT2D eigenvalue weighted by atomic mass is 19.2. The molecule has 2 heterocycles. The van der Waals surface area contributed by atoms with E-state index in [2.05, 4.69) is 15.6 Å². The standard InChI is InChI=1S/C18H15F3N4O2/c19-10-5-9-1-3-14(17(9)22-6-10)23-15(26)8-25-7-11-13(24-18(25)27)4-2-12(20)16(11)21/h2,4-6,14H,1,3,7-8H2,(H,23,26)(H,24,27)/t14-/m1/s1. The number of carbonyl (C=O) groups is 2. The van der Waals surface area contributed by atoms with Crippen LogP contribution in [-0.4, -0.2) is 28.4 Å². The summed E-state index contributed by atoms with van der Waals surface area (Å²) < 4.78 is 40.6. The number of rotatable bonds is 3. The maximum absolute atomic E-state index is 14.0. The zero-order chi connectivity index (χ0) is 19.1. The number of pyridine rings is 1. The van der Waals surface area contributed by atoms with Crippen molar-refractivity contribution in [3.05, 3.63) is 58.7 Å². The van der Waals surface area contributed by atoms with Crippen molar-refractivity contribution >= 4 is 17.6 Å². The van der Waals surface area contributed by atoms with Gasteiger partial charge in [-0.2, -0.15) is 0 Å². The highest BCUT2D eigenvalue weighted by Gasteiger charge is 2.30. The molecule has 27 heavy (non-hydrogen) atoms. The van der Waals surface area contributed by atoms with E-state index in [1.54, 1.807) is 0 Å². The molecule has 0 bridgehead atoms. The molecule has 0 saturated carbocycles. The van der Waals surface area contributed by atoms with Crippen molar-refractivity contribution in [1.29, 1.82) is 0 Å². The Morgan fingerprint density at radius 2 is 2.15 bits per heavy atom. The number of nitrogens with one attached hydrogen (secondary N) is 2. The molecule has 9 heteroatoms. The Morgan fingerprint density at radius 3 is 2.96 bits per heavy atom. The minimum atomic E-state index is -1.05. The lowest BCUT2D eigenvalue weighted by Crippen LogP contribution is -2.45. The normalized spacial score (nSPS) is 18.0. The molecule has 1 atom stereocenters. The summed E-state index contributed by atoms with van der Waals surface area (Å²) in [4.78, 5) is 29.6. The first-order chi connectivity index (χ1) is 12.9. The maximum atomic E-state index is 14.0. The van der Waals surface area contributed by atoms with Gasteiger partial charge in [0, 0.05) is 5.56 Å². The van der Waals surface area contributed by atoms with Crippen molar-refractivity contribution in [3.63, 3.8) is 0 Å². The Bertz CT molecular complexity index is 950. The first kappa shape index (κ1) is 17.3. The van der Waals surface area contributed by atoms with Crippen LogP contribution in [0.15, 0.2) is 24.4 Å². The van der Waals surface area contributed by atoms with Crippen molar-refractivity contribution in [2.45, 2.75) is 25.4 Å². The van der Waals surface area contributed by atoms with E-state index in [4.69, 9.17) is 0 Å². The van der Waals surface area contributed by atoms with Crippen LogP contribution in [0.4, 0.5) is 23.7 Å². The van der Waals surface area contributed by atoms with Crippen LogP contribution in [0.3, 0.4) is 0 Å². The van der Waals surface area contributed by atoms with Crippen LogP contribution in [-0.2, 0) is 17.8 Å². The summed E-state index contributed by atoms with van der Waals surface area (Å²) in [7, 11) is 0. The molecule has 2 aromatic rings. The fourth-order valence-corrected chi connectivity index (χ4v) is 3.45. The third kappa shape index (κ3) is 3.20. The van der Waals surface area contributed by atoms with Gasteiger partial charge in [-0.1, -0.05) is 0 Å². The van der Waals surface area contributed by atoms with Gasteiger partial charge < -0.3 is 15.5 Å². The Balaban J connectivity index is 1.45. The van der Waals surface area contributed by atoms with Crippen molar-refractivity contribution in [2.75, 3.05) is 11.9 Å². The number of benzene rings is 1. The van der Waals surface area contributed by atoms with Crippen LogP contribution in [0.2, 0.25) is 0 Å². The molecule has 0 fully saturated rings. The molecule has 1 aromatic heterocycles. The third-order valence-corrected chi connectivity index (χ3v) is 4.74. The summed E-state index contributed by atoms with van der Waals surface area (Å²) >= 11 is 0. The molecule has 0 radical (unpaired) electrons. The number of hydrogen-bond acceptors (Lipinski definition) is 3. The Kier molecular flexibility index (Phi) is 4.21. The largest absolute Gasteiger partial charge is 0.346 e. The highest BCUT2D eigenvalue weighted by molar-refractivity contribution is 5.95. The number of carbonyl (C=O) groups excluding carboxylic acids is 2.